The molecule has 0 saturated heterocycles. The maximum absolute atomic E-state index is 14.9. The topological polar surface area (TPSA) is 90.4 Å². The van der Waals surface area contributed by atoms with E-state index in [0.717, 1.165) is 27.9 Å². The van der Waals surface area contributed by atoms with Gasteiger partial charge in [0, 0.05) is 36.9 Å². The Morgan fingerprint density at radius 2 is 1.83 bits per heavy atom. The van der Waals surface area contributed by atoms with Crippen molar-refractivity contribution in [2.75, 3.05) is 13.1 Å². The lowest BCUT2D eigenvalue weighted by Crippen LogP contribution is -2.42. The van der Waals surface area contributed by atoms with Gasteiger partial charge in [-0.15, -0.1) is 0 Å². The summed E-state index contributed by atoms with van der Waals surface area (Å²) in [7, 11) is 0. The molecule has 0 fully saturated rings. The van der Waals surface area contributed by atoms with E-state index in [9.17, 15) is 14.0 Å². The van der Waals surface area contributed by atoms with Crippen molar-refractivity contribution < 1.29 is 9.18 Å². The average molecular weight is 484 g/mol. The summed E-state index contributed by atoms with van der Waals surface area (Å²) < 4.78 is 14.9. The number of H-pyrrole nitrogens is 1. The zero-order valence-corrected chi connectivity index (χ0v) is 20.1. The predicted molar refractivity (Wildman–Crippen MR) is 139 cm³/mol. The fourth-order valence-electron chi connectivity index (χ4n) is 4.54. The predicted octanol–water partition coefficient (Wildman–Crippen LogP) is 4.96. The number of urea groups is 1. The summed E-state index contributed by atoms with van der Waals surface area (Å²) in [6.45, 7) is 5.09. The number of aliphatic imine (C=N–C) groups is 1. The van der Waals surface area contributed by atoms with Crippen LogP contribution in [-0.2, 0) is 12.8 Å². The van der Waals surface area contributed by atoms with Gasteiger partial charge in [0.15, 0.2) is 0 Å². The minimum absolute atomic E-state index is 0.172. The molecule has 0 saturated carbocycles. The minimum atomic E-state index is -0.338. The second kappa shape index (κ2) is 9.73. The molecule has 4 aromatic rings. The average Bonchev–Trinajstić information content (AvgIpc) is 3.29. The van der Waals surface area contributed by atoms with Crippen LogP contribution in [0, 0.1) is 5.82 Å². The molecule has 36 heavy (non-hydrogen) atoms. The van der Waals surface area contributed by atoms with Gasteiger partial charge in [-0.25, -0.2) is 19.3 Å². The summed E-state index contributed by atoms with van der Waals surface area (Å²) >= 11 is 0. The van der Waals surface area contributed by atoms with Crippen LogP contribution in [0.3, 0.4) is 0 Å². The van der Waals surface area contributed by atoms with Gasteiger partial charge >= 0.3 is 6.03 Å². The third-order valence-electron chi connectivity index (χ3n) is 6.49. The molecule has 0 aliphatic carbocycles. The number of hydrogen-bond acceptors (Lipinski definition) is 4. The number of fused-ring (bicyclic) bond motifs is 2. The monoisotopic (exact) mass is 483 g/mol. The van der Waals surface area contributed by atoms with E-state index >= 15 is 0 Å². The molecular formula is C28H26FN5O2. The van der Waals surface area contributed by atoms with Gasteiger partial charge in [-0.05, 0) is 54.8 Å². The van der Waals surface area contributed by atoms with Crippen LogP contribution in [0.5, 0.6) is 0 Å². The Hall–Kier alpha value is -4.33. The lowest BCUT2D eigenvalue weighted by Gasteiger charge is -2.18. The van der Waals surface area contributed by atoms with Gasteiger partial charge in [0.2, 0.25) is 0 Å². The lowest BCUT2D eigenvalue weighted by atomic mass is 9.97. The van der Waals surface area contributed by atoms with E-state index in [1.54, 1.807) is 23.1 Å². The van der Waals surface area contributed by atoms with Crippen molar-refractivity contribution >= 4 is 28.3 Å². The van der Waals surface area contributed by atoms with E-state index in [1.165, 1.54) is 6.07 Å². The van der Waals surface area contributed by atoms with Gasteiger partial charge in [-0.1, -0.05) is 36.4 Å². The highest BCUT2D eigenvalue weighted by molar-refractivity contribution is 6.02. The third kappa shape index (κ3) is 4.49. The largest absolute Gasteiger partial charge is 0.325 e. The first kappa shape index (κ1) is 23.4. The van der Waals surface area contributed by atoms with Gasteiger partial charge in [0.05, 0.1) is 16.8 Å². The standard InChI is InChI=1S/C28H26FN5O2/c1-3-34(4-2)28(36)31-26-16-19-11-10-18(15-24(19)30-26)22-13-17(9-12-23(22)29)14-25-20-7-5-6-8-21(20)27(35)33-32-25/h5-13,15H,3-4,14,16H2,1-2H3,(H,33,35)(H,30,31,36). The first-order chi connectivity index (χ1) is 17.5. The van der Waals surface area contributed by atoms with Crippen molar-refractivity contribution in [2.24, 2.45) is 4.99 Å². The number of amides is 2. The Morgan fingerprint density at radius 3 is 2.61 bits per heavy atom. The zero-order chi connectivity index (χ0) is 25.2. The van der Waals surface area contributed by atoms with E-state index in [-0.39, 0.29) is 17.4 Å². The number of nitrogens with zero attached hydrogens (tertiary/aromatic N) is 3. The van der Waals surface area contributed by atoms with Crippen molar-refractivity contribution in [3.8, 4) is 11.1 Å². The summed E-state index contributed by atoms with van der Waals surface area (Å²) in [5, 5.41) is 11.0. The molecule has 0 unspecified atom stereocenters. The summed E-state index contributed by atoms with van der Waals surface area (Å²) in [5.74, 6) is 0.249. The highest BCUT2D eigenvalue weighted by Crippen LogP contribution is 2.33. The highest BCUT2D eigenvalue weighted by atomic mass is 19.1. The van der Waals surface area contributed by atoms with Gasteiger partial charge < -0.3 is 4.90 Å². The zero-order valence-electron chi connectivity index (χ0n) is 20.1. The van der Waals surface area contributed by atoms with Gasteiger partial charge in [0.25, 0.3) is 5.56 Å². The van der Waals surface area contributed by atoms with E-state index < -0.39 is 0 Å². The molecule has 3 aromatic carbocycles. The van der Waals surface area contributed by atoms with Crippen LogP contribution in [-0.4, -0.2) is 40.1 Å². The number of nitrogens with one attached hydrogen (secondary N) is 2. The molecule has 7 nitrogen and oxygen atoms in total. The molecule has 2 amide bonds. The van der Waals surface area contributed by atoms with Crippen molar-refractivity contribution in [1.82, 2.24) is 20.4 Å². The van der Waals surface area contributed by atoms with Crippen LogP contribution in [0.1, 0.15) is 30.7 Å². The van der Waals surface area contributed by atoms with E-state index in [0.29, 0.717) is 48.3 Å². The number of carbonyl (C=O) groups is 1. The summed E-state index contributed by atoms with van der Waals surface area (Å²) in [4.78, 5) is 30.8. The van der Waals surface area contributed by atoms with Crippen LogP contribution in [0.15, 0.2) is 70.5 Å². The fourth-order valence-corrected chi connectivity index (χ4v) is 4.54. The number of benzene rings is 3. The van der Waals surface area contributed by atoms with Crippen molar-refractivity contribution in [3.05, 3.63) is 93.7 Å². The molecule has 5 rings (SSSR count). The third-order valence-corrected chi connectivity index (χ3v) is 6.49. The molecule has 1 aromatic heterocycles. The van der Waals surface area contributed by atoms with E-state index in [4.69, 9.17) is 0 Å². The Bertz CT molecular complexity index is 1560. The van der Waals surface area contributed by atoms with Crippen LogP contribution < -0.4 is 10.9 Å². The molecule has 2 N–H and O–H groups in total. The maximum Gasteiger partial charge on any atom is 0.322 e. The molecule has 0 spiro atoms. The molecule has 8 heteroatoms. The molecule has 0 bridgehead atoms. The minimum Gasteiger partial charge on any atom is -0.325 e. The normalized spacial score (nSPS) is 12.4. The molecule has 0 radical (unpaired) electrons. The second-order valence-electron chi connectivity index (χ2n) is 8.72. The molecular weight excluding hydrogens is 457 g/mol. The number of amidine groups is 1. The van der Waals surface area contributed by atoms with Crippen LogP contribution in [0.25, 0.3) is 21.9 Å². The Morgan fingerprint density at radius 1 is 1.06 bits per heavy atom. The number of aromatic nitrogens is 2. The van der Waals surface area contributed by atoms with Crippen molar-refractivity contribution in [1.29, 1.82) is 0 Å². The molecule has 1 aliphatic rings. The van der Waals surface area contributed by atoms with Crippen LogP contribution in [0.4, 0.5) is 14.9 Å². The van der Waals surface area contributed by atoms with E-state index in [1.807, 2.05) is 50.2 Å². The smallest absolute Gasteiger partial charge is 0.322 e. The van der Waals surface area contributed by atoms with Gasteiger partial charge in [-0.3, -0.25) is 10.1 Å². The van der Waals surface area contributed by atoms with Crippen LogP contribution in [0.2, 0.25) is 0 Å². The second-order valence-corrected chi connectivity index (χ2v) is 8.72. The van der Waals surface area contributed by atoms with Gasteiger partial charge in [-0.2, -0.15) is 5.10 Å². The van der Waals surface area contributed by atoms with Crippen molar-refractivity contribution in [3.63, 3.8) is 0 Å². The molecule has 182 valence electrons. The summed E-state index contributed by atoms with van der Waals surface area (Å²) in [6, 6.07) is 17.8. The number of carbonyl (C=O) groups excluding carboxylic acids is 1. The number of aromatic amines is 1. The SMILES string of the molecule is CCN(CC)C(=O)NC1=Nc2cc(-c3cc(Cc4n[nH]c(=O)c5ccccc45)ccc3F)ccc2C1. The Balaban J connectivity index is 1.42. The Labute approximate surface area is 207 Å². The van der Waals surface area contributed by atoms with Gasteiger partial charge in [0.1, 0.15) is 11.7 Å². The van der Waals surface area contributed by atoms with Crippen molar-refractivity contribution in [2.45, 2.75) is 26.7 Å². The summed E-state index contributed by atoms with van der Waals surface area (Å²) in [5.41, 5.74) is 4.21. The number of hydrogen-bond donors (Lipinski definition) is 2. The lowest BCUT2D eigenvalue weighted by molar-refractivity contribution is 0.208. The first-order valence-corrected chi connectivity index (χ1v) is 12.0. The first-order valence-electron chi connectivity index (χ1n) is 12.0. The molecule has 0 atom stereocenters. The molecule has 1 aliphatic heterocycles. The number of halogens is 1. The Kier molecular flexibility index (Phi) is 6.33. The quantitative estimate of drug-likeness (QED) is 0.421. The van der Waals surface area contributed by atoms with Crippen LogP contribution >= 0.6 is 0 Å². The fraction of sp³-hybridized carbons (Fsp3) is 0.214. The number of rotatable bonds is 5. The summed E-state index contributed by atoms with van der Waals surface area (Å²) in [6.07, 6.45) is 0.964. The highest BCUT2D eigenvalue weighted by Gasteiger charge is 2.20. The maximum atomic E-state index is 14.9. The molecule has 2 heterocycles. The van der Waals surface area contributed by atoms with E-state index in [2.05, 4.69) is 20.5 Å².